The van der Waals surface area contributed by atoms with Gasteiger partial charge in [0.1, 0.15) is 6.04 Å². The highest BCUT2D eigenvalue weighted by Crippen LogP contribution is 2.25. The maximum Gasteiger partial charge on any atom is 0.320 e. The summed E-state index contributed by atoms with van der Waals surface area (Å²) in [6.45, 7) is 3.95. The quantitative estimate of drug-likeness (QED) is 0.869. The van der Waals surface area contributed by atoms with Gasteiger partial charge in [-0.15, -0.1) is 0 Å². The van der Waals surface area contributed by atoms with Crippen molar-refractivity contribution in [3.8, 4) is 0 Å². The smallest absolute Gasteiger partial charge is 0.320 e. The molecule has 0 radical (unpaired) electrons. The van der Waals surface area contributed by atoms with E-state index < -0.39 is 5.97 Å². The first-order valence-corrected chi connectivity index (χ1v) is 6.74. The molecule has 98 valence electrons. The SMILES string of the molecule is CCC(CN1CCC[C@@H]1C(=O)O)c1ccccc1. The van der Waals surface area contributed by atoms with Crippen molar-refractivity contribution < 1.29 is 9.90 Å². The van der Waals surface area contributed by atoms with E-state index in [-0.39, 0.29) is 6.04 Å². The molecular weight excluding hydrogens is 226 g/mol. The molecule has 1 fully saturated rings. The molecule has 1 N–H and O–H groups in total. The van der Waals surface area contributed by atoms with Crippen LogP contribution in [0, 0.1) is 0 Å². The van der Waals surface area contributed by atoms with E-state index in [2.05, 4.69) is 36.1 Å². The number of benzene rings is 1. The molecule has 2 atom stereocenters. The third-order valence-electron chi connectivity index (χ3n) is 3.87. The highest BCUT2D eigenvalue weighted by molar-refractivity contribution is 5.73. The fourth-order valence-electron chi connectivity index (χ4n) is 2.80. The molecule has 1 aliphatic rings. The molecule has 18 heavy (non-hydrogen) atoms. The van der Waals surface area contributed by atoms with Crippen molar-refractivity contribution >= 4 is 5.97 Å². The summed E-state index contributed by atoms with van der Waals surface area (Å²) in [6, 6.07) is 10.1. The minimum Gasteiger partial charge on any atom is -0.480 e. The van der Waals surface area contributed by atoms with Gasteiger partial charge < -0.3 is 5.11 Å². The fourth-order valence-corrected chi connectivity index (χ4v) is 2.80. The van der Waals surface area contributed by atoms with Crippen molar-refractivity contribution in [3.05, 3.63) is 35.9 Å². The van der Waals surface area contributed by atoms with Gasteiger partial charge in [0.05, 0.1) is 0 Å². The summed E-state index contributed by atoms with van der Waals surface area (Å²) in [4.78, 5) is 13.3. The van der Waals surface area contributed by atoms with Crippen LogP contribution in [0.2, 0.25) is 0 Å². The van der Waals surface area contributed by atoms with Gasteiger partial charge in [-0.25, -0.2) is 0 Å². The monoisotopic (exact) mass is 247 g/mol. The van der Waals surface area contributed by atoms with E-state index in [9.17, 15) is 9.90 Å². The molecule has 3 nitrogen and oxygen atoms in total. The minimum atomic E-state index is -0.671. The lowest BCUT2D eigenvalue weighted by Gasteiger charge is -2.26. The van der Waals surface area contributed by atoms with Crippen LogP contribution in [0.25, 0.3) is 0 Å². The number of likely N-dealkylation sites (tertiary alicyclic amines) is 1. The number of carboxylic acid groups (broad SMARTS) is 1. The van der Waals surface area contributed by atoms with E-state index in [0.717, 1.165) is 32.4 Å². The van der Waals surface area contributed by atoms with Crippen molar-refractivity contribution in [1.82, 2.24) is 4.90 Å². The first-order chi connectivity index (χ1) is 8.72. The van der Waals surface area contributed by atoms with Gasteiger partial charge >= 0.3 is 5.97 Å². The standard InChI is InChI=1S/C15H21NO2/c1-2-12(13-7-4-3-5-8-13)11-16-10-6-9-14(16)15(17)18/h3-5,7-8,12,14H,2,6,9-11H2,1H3,(H,17,18)/t12?,14-/m1/s1. The largest absolute Gasteiger partial charge is 0.480 e. The fraction of sp³-hybridized carbons (Fsp3) is 0.533. The van der Waals surface area contributed by atoms with Crippen molar-refractivity contribution in [2.45, 2.75) is 38.1 Å². The van der Waals surface area contributed by atoms with Crippen molar-refractivity contribution in [2.24, 2.45) is 0 Å². The average molecular weight is 247 g/mol. The molecule has 0 aliphatic carbocycles. The molecule has 1 heterocycles. The molecule has 1 unspecified atom stereocenters. The third-order valence-corrected chi connectivity index (χ3v) is 3.87. The zero-order chi connectivity index (χ0) is 13.0. The van der Waals surface area contributed by atoms with E-state index in [1.165, 1.54) is 5.56 Å². The molecule has 0 amide bonds. The Labute approximate surface area is 108 Å². The number of carbonyl (C=O) groups is 1. The molecule has 1 saturated heterocycles. The zero-order valence-corrected chi connectivity index (χ0v) is 10.9. The summed E-state index contributed by atoms with van der Waals surface area (Å²) in [6.07, 6.45) is 2.84. The van der Waals surface area contributed by atoms with Gasteiger partial charge in [-0.3, -0.25) is 9.69 Å². The van der Waals surface area contributed by atoms with Crippen molar-refractivity contribution in [2.75, 3.05) is 13.1 Å². The molecule has 3 heteroatoms. The maximum atomic E-state index is 11.2. The number of carboxylic acids is 1. The van der Waals surface area contributed by atoms with Gasteiger partial charge in [0.15, 0.2) is 0 Å². The Hall–Kier alpha value is -1.35. The summed E-state index contributed by atoms with van der Waals surface area (Å²) in [5.74, 6) is -0.235. The van der Waals surface area contributed by atoms with Gasteiger partial charge in [-0.2, -0.15) is 0 Å². The normalized spacial score (nSPS) is 21.9. The summed E-state index contributed by atoms with van der Waals surface area (Å²) >= 11 is 0. The Bertz CT molecular complexity index is 391. The zero-order valence-electron chi connectivity index (χ0n) is 10.9. The Balaban J connectivity index is 2.05. The molecular formula is C15H21NO2. The second kappa shape index (κ2) is 6.01. The Morgan fingerprint density at radius 1 is 1.44 bits per heavy atom. The van der Waals surface area contributed by atoms with Gasteiger partial charge in [0, 0.05) is 6.54 Å². The van der Waals surface area contributed by atoms with Crippen molar-refractivity contribution in [3.63, 3.8) is 0 Å². The lowest BCUT2D eigenvalue weighted by Crippen LogP contribution is -2.38. The van der Waals surface area contributed by atoms with Crippen LogP contribution >= 0.6 is 0 Å². The predicted octanol–water partition coefficient (Wildman–Crippen LogP) is 2.73. The third kappa shape index (κ3) is 2.91. The molecule has 0 spiro atoms. The van der Waals surface area contributed by atoms with Crippen LogP contribution in [0.1, 0.15) is 37.7 Å². The topological polar surface area (TPSA) is 40.5 Å². The van der Waals surface area contributed by atoms with Gasteiger partial charge in [-0.05, 0) is 37.3 Å². The molecule has 0 bridgehead atoms. The number of nitrogens with zero attached hydrogens (tertiary/aromatic N) is 1. The highest BCUT2D eigenvalue weighted by Gasteiger charge is 2.31. The van der Waals surface area contributed by atoms with E-state index in [1.54, 1.807) is 0 Å². The van der Waals surface area contributed by atoms with Crippen LogP contribution in [0.5, 0.6) is 0 Å². The Kier molecular flexibility index (Phi) is 4.37. The average Bonchev–Trinajstić information content (AvgIpc) is 2.85. The Morgan fingerprint density at radius 3 is 2.78 bits per heavy atom. The predicted molar refractivity (Wildman–Crippen MR) is 71.7 cm³/mol. The van der Waals surface area contributed by atoms with Crippen LogP contribution in [0.15, 0.2) is 30.3 Å². The number of hydrogen-bond acceptors (Lipinski definition) is 2. The first-order valence-electron chi connectivity index (χ1n) is 6.74. The Morgan fingerprint density at radius 2 is 2.17 bits per heavy atom. The van der Waals surface area contributed by atoms with E-state index in [1.807, 2.05) is 6.07 Å². The van der Waals surface area contributed by atoms with E-state index in [4.69, 9.17) is 0 Å². The van der Waals surface area contributed by atoms with Gasteiger partial charge in [-0.1, -0.05) is 37.3 Å². The maximum absolute atomic E-state index is 11.2. The van der Waals surface area contributed by atoms with E-state index >= 15 is 0 Å². The second-order valence-electron chi connectivity index (χ2n) is 5.01. The second-order valence-corrected chi connectivity index (χ2v) is 5.01. The molecule has 1 aromatic rings. The molecule has 0 aromatic heterocycles. The number of rotatable bonds is 5. The first kappa shape index (κ1) is 13.1. The number of hydrogen-bond donors (Lipinski definition) is 1. The van der Waals surface area contributed by atoms with Crippen LogP contribution in [-0.2, 0) is 4.79 Å². The summed E-state index contributed by atoms with van der Waals surface area (Å²) in [7, 11) is 0. The summed E-state index contributed by atoms with van der Waals surface area (Å²) in [5.41, 5.74) is 1.32. The lowest BCUT2D eigenvalue weighted by molar-refractivity contribution is -0.142. The van der Waals surface area contributed by atoms with Crippen molar-refractivity contribution in [1.29, 1.82) is 0 Å². The van der Waals surface area contributed by atoms with Crippen LogP contribution in [0.4, 0.5) is 0 Å². The minimum absolute atomic E-state index is 0.275. The highest BCUT2D eigenvalue weighted by atomic mass is 16.4. The molecule has 1 aromatic carbocycles. The van der Waals surface area contributed by atoms with Crippen LogP contribution in [-0.4, -0.2) is 35.1 Å². The molecule has 2 rings (SSSR count). The van der Waals surface area contributed by atoms with Gasteiger partial charge in [0.25, 0.3) is 0 Å². The lowest BCUT2D eigenvalue weighted by atomic mass is 9.95. The summed E-state index contributed by atoms with van der Waals surface area (Å²) < 4.78 is 0. The molecule has 0 saturated carbocycles. The summed E-state index contributed by atoms with van der Waals surface area (Å²) in [5, 5.41) is 9.20. The number of aliphatic carboxylic acids is 1. The van der Waals surface area contributed by atoms with Crippen LogP contribution < -0.4 is 0 Å². The van der Waals surface area contributed by atoms with Crippen LogP contribution in [0.3, 0.4) is 0 Å². The van der Waals surface area contributed by atoms with Gasteiger partial charge in [0.2, 0.25) is 0 Å². The molecule has 1 aliphatic heterocycles. The van der Waals surface area contributed by atoms with E-state index in [0.29, 0.717) is 5.92 Å².